The predicted octanol–water partition coefficient (Wildman–Crippen LogP) is 2.92. The minimum absolute atomic E-state index is 0.0508. The molecule has 0 bridgehead atoms. The van der Waals surface area contributed by atoms with E-state index in [9.17, 15) is 14.7 Å². The van der Waals surface area contributed by atoms with Gasteiger partial charge in [-0.25, -0.2) is 4.79 Å². The maximum atomic E-state index is 12.9. The van der Waals surface area contributed by atoms with Gasteiger partial charge in [0.15, 0.2) is 0 Å². The zero-order valence-electron chi connectivity index (χ0n) is 16.4. The van der Waals surface area contributed by atoms with Crippen LogP contribution in [-0.2, 0) is 16.0 Å². The van der Waals surface area contributed by atoms with E-state index in [-0.39, 0.29) is 18.4 Å². The molecule has 154 valence electrons. The number of aromatic nitrogens is 2. The summed E-state index contributed by atoms with van der Waals surface area (Å²) < 4.78 is 10.4. The van der Waals surface area contributed by atoms with Crippen molar-refractivity contribution in [3.63, 3.8) is 0 Å². The van der Waals surface area contributed by atoms with Crippen LogP contribution in [0.2, 0.25) is 0 Å². The summed E-state index contributed by atoms with van der Waals surface area (Å²) >= 11 is 0. The molecule has 1 amide bonds. The summed E-state index contributed by atoms with van der Waals surface area (Å²) in [7, 11) is 1.60. The monoisotopic (exact) mass is 399 g/mol. The number of likely N-dealkylation sites (tertiary alicyclic amines) is 1. The van der Waals surface area contributed by atoms with E-state index < -0.39 is 12.0 Å². The van der Waals surface area contributed by atoms with E-state index in [4.69, 9.17) is 9.26 Å². The number of nitrogens with zero attached hydrogens (tertiary/aromatic N) is 3. The Morgan fingerprint density at radius 3 is 2.72 bits per heavy atom. The number of amides is 1. The van der Waals surface area contributed by atoms with E-state index in [1.165, 1.54) is 0 Å². The zero-order chi connectivity index (χ0) is 20.4. The molecular weight excluding hydrogens is 374 g/mol. The lowest BCUT2D eigenvalue weighted by Gasteiger charge is -2.33. The zero-order valence-corrected chi connectivity index (χ0v) is 16.4. The van der Waals surface area contributed by atoms with Gasteiger partial charge in [-0.2, -0.15) is 4.98 Å². The molecule has 1 saturated heterocycles. The summed E-state index contributed by atoms with van der Waals surface area (Å²) in [6.45, 7) is 0. The van der Waals surface area contributed by atoms with Crippen molar-refractivity contribution in [3.8, 4) is 17.1 Å². The lowest BCUT2D eigenvalue weighted by Crippen LogP contribution is -2.46. The van der Waals surface area contributed by atoms with E-state index >= 15 is 0 Å². The lowest BCUT2D eigenvalue weighted by molar-refractivity contribution is -0.149. The molecule has 2 aliphatic rings. The normalized spacial score (nSPS) is 23.6. The number of fused-ring (bicyclic) bond motifs is 1. The Balaban J connectivity index is 1.41. The highest BCUT2D eigenvalue weighted by atomic mass is 16.5. The molecule has 0 unspecified atom stereocenters. The first-order valence-electron chi connectivity index (χ1n) is 10.1. The highest BCUT2D eigenvalue weighted by Crippen LogP contribution is 2.40. The third-order valence-corrected chi connectivity index (χ3v) is 6.03. The van der Waals surface area contributed by atoms with Gasteiger partial charge in [0.1, 0.15) is 11.8 Å². The van der Waals surface area contributed by atoms with Gasteiger partial charge < -0.3 is 19.3 Å². The molecule has 2 fully saturated rings. The molecule has 8 heteroatoms. The van der Waals surface area contributed by atoms with E-state index in [1.807, 2.05) is 24.3 Å². The van der Waals surface area contributed by atoms with Gasteiger partial charge in [0.2, 0.25) is 17.6 Å². The highest BCUT2D eigenvalue weighted by Gasteiger charge is 2.47. The molecule has 2 aromatic rings. The number of carbonyl (C=O) groups is 2. The smallest absolute Gasteiger partial charge is 0.326 e. The average Bonchev–Trinajstić information content (AvgIpc) is 3.37. The van der Waals surface area contributed by atoms with Crippen molar-refractivity contribution < 1.29 is 24.0 Å². The van der Waals surface area contributed by atoms with Crippen LogP contribution in [0.3, 0.4) is 0 Å². The van der Waals surface area contributed by atoms with Crippen LogP contribution in [0.15, 0.2) is 28.8 Å². The van der Waals surface area contributed by atoms with Crippen molar-refractivity contribution in [2.75, 3.05) is 7.11 Å². The SMILES string of the molecule is COc1ccc(-c2noc(CCC(=O)N3[C@@H]4CCCC[C@H]4C[C@H]3C(=O)O)n2)cc1. The summed E-state index contributed by atoms with van der Waals surface area (Å²) in [5.74, 6) is 0.812. The van der Waals surface area contributed by atoms with Crippen LogP contribution in [0.25, 0.3) is 11.4 Å². The second-order valence-corrected chi connectivity index (χ2v) is 7.74. The number of methoxy groups -OCH3 is 1. The largest absolute Gasteiger partial charge is 0.497 e. The Morgan fingerprint density at radius 1 is 1.24 bits per heavy atom. The topological polar surface area (TPSA) is 106 Å². The molecule has 29 heavy (non-hydrogen) atoms. The number of hydrogen-bond donors (Lipinski definition) is 1. The summed E-state index contributed by atoms with van der Waals surface area (Å²) in [5.41, 5.74) is 0.794. The maximum absolute atomic E-state index is 12.9. The van der Waals surface area contributed by atoms with Crippen molar-refractivity contribution in [3.05, 3.63) is 30.2 Å². The summed E-state index contributed by atoms with van der Waals surface area (Å²) in [6.07, 6.45) is 5.08. The number of ether oxygens (including phenoxy) is 1. The van der Waals surface area contributed by atoms with Gasteiger partial charge >= 0.3 is 5.97 Å². The van der Waals surface area contributed by atoms with Crippen LogP contribution >= 0.6 is 0 Å². The first-order chi connectivity index (χ1) is 14.1. The number of rotatable bonds is 6. The van der Waals surface area contributed by atoms with Crippen LogP contribution in [-0.4, -0.2) is 51.2 Å². The standard InChI is InChI=1S/C21H25N3O5/c1-28-15-8-6-13(7-9-15)20-22-18(29-23-20)10-11-19(25)24-16-5-3-2-4-14(16)12-17(24)21(26)27/h6-9,14,16-17H,2-5,10-12H2,1H3,(H,26,27)/t14-,16+,17-/m0/s1. The van der Waals surface area contributed by atoms with Gasteiger partial charge in [-0.15, -0.1) is 0 Å². The molecule has 3 atom stereocenters. The fourth-order valence-corrected chi connectivity index (χ4v) is 4.60. The molecule has 1 aliphatic carbocycles. The fourth-order valence-electron chi connectivity index (χ4n) is 4.60. The van der Waals surface area contributed by atoms with Crippen molar-refractivity contribution in [1.82, 2.24) is 15.0 Å². The number of carboxylic acid groups (broad SMARTS) is 1. The Kier molecular flexibility index (Phi) is 5.51. The highest BCUT2D eigenvalue weighted by molar-refractivity contribution is 5.85. The van der Waals surface area contributed by atoms with E-state index in [0.717, 1.165) is 37.0 Å². The van der Waals surface area contributed by atoms with Crippen molar-refractivity contribution >= 4 is 11.9 Å². The number of aliphatic carboxylic acids is 1. The van der Waals surface area contributed by atoms with Crippen molar-refractivity contribution in [2.24, 2.45) is 5.92 Å². The lowest BCUT2D eigenvalue weighted by atomic mass is 9.84. The minimum atomic E-state index is -0.910. The van der Waals surface area contributed by atoms with Gasteiger partial charge in [0, 0.05) is 24.4 Å². The average molecular weight is 399 g/mol. The summed E-state index contributed by atoms with van der Waals surface area (Å²) in [5, 5.41) is 13.6. The summed E-state index contributed by atoms with van der Waals surface area (Å²) in [4.78, 5) is 30.6. The quantitative estimate of drug-likeness (QED) is 0.796. The third kappa shape index (κ3) is 3.97. The number of benzene rings is 1. The van der Waals surface area contributed by atoms with Gasteiger partial charge in [-0.3, -0.25) is 4.79 Å². The van der Waals surface area contributed by atoms with Crippen LogP contribution in [0.4, 0.5) is 0 Å². The molecule has 1 aromatic heterocycles. The molecule has 1 N–H and O–H groups in total. The van der Waals surface area contributed by atoms with Crippen LogP contribution in [0.5, 0.6) is 5.75 Å². The molecule has 0 radical (unpaired) electrons. The molecule has 1 aromatic carbocycles. The fraction of sp³-hybridized carbons (Fsp3) is 0.524. The van der Waals surface area contributed by atoms with Crippen molar-refractivity contribution in [2.45, 2.75) is 57.0 Å². The van der Waals surface area contributed by atoms with E-state index in [2.05, 4.69) is 10.1 Å². The maximum Gasteiger partial charge on any atom is 0.326 e. The number of carboxylic acids is 1. The van der Waals surface area contributed by atoms with Crippen LogP contribution < -0.4 is 4.74 Å². The summed E-state index contributed by atoms with van der Waals surface area (Å²) in [6, 6.07) is 6.64. The van der Waals surface area contributed by atoms with Crippen molar-refractivity contribution in [1.29, 1.82) is 0 Å². The van der Waals surface area contributed by atoms with Crippen LogP contribution in [0.1, 0.15) is 44.4 Å². The Morgan fingerprint density at radius 2 is 2.00 bits per heavy atom. The number of hydrogen-bond acceptors (Lipinski definition) is 6. The van der Waals surface area contributed by atoms with Gasteiger partial charge in [-0.1, -0.05) is 18.0 Å². The molecule has 8 nitrogen and oxygen atoms in total. The number of carbonyl (C=O) groups excluding carboxylic acids is 1. The molecule has 1 saturated carbocycles. The van der Waals surface area contributed by atoms with E-state index in [1.54, 1.807) is 12.0 Å². The Bertz CT molecular complexity index is 879. The van der Waals surface area contributed by atoms with Gasteiger partial charge in [-0.05, 0) is 49.4 Å². The van der Waals surface area contributed by atoms with Gasteiger partial charge in [0.25, 0.3) is 0 Å². The molecule has 0 spiro atoms. The minimum Gasteiger partial charge on any atom is -0.497 e. The first-order valence-corrected chi connectivity index (χ1v) is 10.1. The molecular formula is C21H25N3O5. The third-order valence-electron chi connectivity index (χ3n) is 6.03. The second kappa shape index (κ2) is 8.23. The Hall–Kier alpha value is -2.90. The number of aryl methyl sites for hydroxylation is 1. The Labute approximate surface area is 168 Å². The predicted molar refractivity (Wildman–Crippen MR) is 103 cm³/mol. The van der Waals surface area contributed by atoms with Crippen LogP contribution in [0, 0.1) is 5.92 Å². The molecule has 4 rings (SSSR count). The first kappa shape index (κ1) is 19.4. The second-order valence-electron chi connectivity index (χ2n) is 7.74. The molecule has 2 heterocycles. The van der Waals surface area contributed by atoms with Gasteiger partial charge in [0.05, 0.1) is 7.11 Å². The molecule has 1 aliphatic heterocycles. The van der Waals surface area contributed by atoms with E-state index in [0.29, 0.717) is 30.5 Å².